The fourth-order valence-electron chi connectivity index (χ4n) is 3.57. The molecule has 0 fully saturated rings. The second kappa shape index (κ2) is 7.51. The van der Waals surface area contributed by atoms with E-state index in [1.807, 2.05) is 50.2 Å². The van der Waals surface area contributed by atoms with Crippen LogP contribution in [-0.4, -0.2) is 18.5 Å². The molecule has 3 rings (SSSR count). The second-order valence-electron chi connectivity index (χ2n) is 9.38. The van der Waals surface area contributed by atoms with Crippen LogP contribution in [0.5, 0.6) is 11.5 Å². The van der Waals surface area contributed by atoms with Gasteiger partial charge in [-0.15, -0.1) is 0 Å². The Hall–Kier alpha value is -2.30. The average molecular weight is 409 g/mol. The minimum atomic E-state index is -2.06. The highest BCUT2D eigenvalue weighted by Gasteiger charge is 2.40. The first-order valence-electron chi connectivity index (χ1n) is 10.1. The number of benzene rings is 3. The van der Waals surface area contributed by atoms with Crippen molar-refractivity contribution in [3.8, 4) is 22.6 Å². The summed E-state index contributed by atoms with van der Waals surface area (Å²) < 4.78 is 6.70. The Morgan fingerprint density at radius 3 is 2.24 bits per heavy atom. The van der Waals surface area contributed by atoms with Crippen molar-refractivity contribution in [1.82, 2.24) is 0 Å². The smallest absolute Gasteiger partial charge is 0.250 e. The van der Waals surface area contributed by atoms with E-state index in [2.05, 4.69) is 33.9 Å². The fourth-order valence-corrected chi connectivity index (χ4v) is 4.70. The molecule has 2 N–H and O–H groups in total. The van der Waals surface area contributed by atoms with Crippen LogP contribution in [-0.2, 0) is 6.61 Å². The predicted octanol–water partition coefficient (Wildman–Crippen LogP) is 6.71. The van der Waals surface area contributed by atoms with Gasteiger partial charge in [-0.1, -0.05) is 57.2 Å². The molecule has 154 valence electrons. The summed E-state index contributed by atoms with van der Waals surface area (Å²) in [6, 6.07) is 13.8. The Labute approximate surface area is 175 Å². The van der Waals surface area contributed by atoms with E-state index >= 15 is 0 Å². The van der Waals surface area contributed by atoms with Gasteiger partial charge in [-0.25, -0.2) is 0 Å². The monoisotopic (exact) mass is 408 g/mol. The molecule has 0 atom stereocenters. The van der Waals surface area contributed by atoms with Crippen molar-refractivity contribution in [3.63, 3.8) is 0 Å². The van der Waals surface area contributed by atoms with E-state index in [1.54, 1.807) is 6.07 Å². The average Bonchev–Trinajstić information content (AvgIpc) is 2.64. The van der Waals surface area contributed by atoms with Crippen LogP contribution in [0.4, 0.5) is 0 Å². The molecule has 29 heavy (non-hydrogen) atoms. The third-order valence-electron chi connectivity index (χ3n) is 6.28. The summed E-state index contributed by atoms with van der Waals surface area (Å²) in [7, 11) is -2.06. The number of aliphatic hydroxyl groups excluding tert-OH is 1. The van der Waals surface area contributed by atoms with E-state index in [4.69, 9.17) is 4.43 Å². The molecule has 4 heteroatoms. The van der Waals surface area contributed by atoms with Crippen LogP contribution in [0, 0.1) is 13.8 Å². The maximum Gasteiger partial charge on any atom is 0.250 e. The molecule has 0 aliphatic rings. The summed E-state index contributed by atoms with van der Waals surface area (Å²) in [6.07, 6.45) is 0. The Morgan fingerprint density at radius 2 is 1.62 bits per heavy atom. The molecule has 3 nitrogen and oxygen atoms in total. The van der Waals surface area contributed by atoms with Crippen LogP contribution in [0.15, 0.2) is 42.5 Å². The number of hydrogen-bond acceptors (Lipinski definition) is 3. The third-order valence-corrected chi connectivity index (χ3v) is 10.6. The van der Waals surface area contributed by atoms with E-state index in [0.717, 1.165) is 44.3 Å². The molecule has 0 aliphatic carbocycles. The first-order chi connectivity index (χ1) is 13.5. The molecular weight excluding hydrogens is 376 g/mol. The number of aliphatic hydroxyl groups is 1. The predicted molar refractivity (Wildman–Crippen MR) is 124 cm³/mol. The molecule has 3 aromatic rings. The summed E-state index contributed by atoms with van der Waals surface area (Å²) in [5, 5.41) is 23.2. The molecule has 0 aromatic heterocycles. The Balaban J connectivity index is 2.32. The Morgan fingerprint density at radius 1 is 0.966 bits per heavy atom. The van der Waals surface area contributed by atoms with Crippen molar-refractivity contribution < 1.29 is 14.6 Å². The molecule has 0 amide bonds. The van der Waals surface area contributed by atoms with Crippen molar-refractivity contribution in [2.45, 2.75) is 59.4 Å². The normalized spacial score (nSPS) is 12.4. The molecule has 0 saturated carbocycles. The van der Waals surface area contributed by atoms with Gasteiger partial charge in [0.15, 0.2) is 0 Å². The van der Waals surface area contributed by atoms with Gasteiger partial charge in [-0.3, -0.25) is 0 Å². The van der Waals surface area contributed by atoms with Gasteiger partial charge < -0.3 is 14.6 Å². The zero-order chi connectivity index (χ0) is 21.6. The Kier molecular flexibility index (Phi) is 5.54. The van der Waals surface area contributed by atoms with Crippen LogP contribution in [0.25, 0.3) is 21.9 Å². The van der Waals surface area contributed by atoms with Gasteiger partial charge in [-0.2, -0.15) is 0 Å². The third kappa shape index (κ3) is 3.79. The fraction of sp³-hybridized carbons (Fsp3) is 0.360. The first kappa shape index (κ1) is 21.4. The van der Waals surface area contributed by atoms with Gasteiger partial charge in [0, 0.05) is 11.1 Å². The molecule has 3 aromatic carbocycles. The van der Waals surface area contributed by atoms with Gasteiger partial charge >= 0.3 is 0 Å². The topological polar surface area (TPSA) is 49.7 Å². The van der Waals surface area contributed by atoms with Gasteiger partial charge in [0.05, 0.1) is 6.61 Å². The van der Waals surface area contributed by atoms with Crippen LogP contribution < -0.4 is 4.43 Å². The standard InChI is InChI=1S/C25H32O3Si/c1-16-14-21(27)22(17(2)24(16)28-29(6,7)25(3,4)5)23-19(15-26)13-12-18-10-8-9-11-20(18)23/h8-14,26-27H,15H2,1-7H3. The minimum Gasteiger partial charge on any atom is -0.543 e. The largest absolute Gasteiger partial charge is 0.543 e. The number of phenols is 1. The van der Waals surface area contributed by atoms with Crippen molar-refractivity contribution in [2.75, 3.05) is 0 Å². The molecule has 0 spiro atoms. The van der Waals surface area contributed by atoms with Gasteiger partial charge in [0.25, 0.3) is 8.32 Å². The summed E-state index contributed by atoms with van der Waals surface area (Å²) in [5.41, 5.74) is 4.26. The molecule has 0 saturated heterocycles. The summed E-state index contributed by atoms with van der Waals surface area (Å²) in [5.74, 6) is 1.06. The summed E-state index contributed by atoms with van der Waals surface area (Å²) in [6.45, 7) is 15.0. The zero-order valence-electron chi connectivity index (χ0n) is 18.6. The lowest BCUT2D eigenvalue weighted by Crippen LogP contribution is -2.44. The molecule has 0 unspecified atom stereocenters. The van der Waals surface area contributed by atoms with Crippen molar-refractivity contribution in [2.24, 2.45) is 0 Å². The van der Waals surface area contributed by atoms with Crippen LogP contribution in [0.1, 0.15) is 37.5 Å². The lowest BCUT2D eigenvalue weighted by molar-refractivity contribution is 0.282. The maximum atomic E-state index is 11.0. The number of hydrogen-bond donors (Lipinski definition) is 2. The van der Waals surface area contributed by atoms with Gasteiger partial charge in [0.1, 0.15) is 11.5 Å². The number of phenolic OH excluding ortho intramolecular Hbond substituents is 1. The number of aromatic hydroxyl groups is 1. The van der Waals surface area contributed by atoms with E-state index in [1.165, 1.54) is 0 Å². The summed E-state index contributed by atoms with van der Waals surface area (Å²) in [4.78, 5) is 0. The lowest BCUT2D eigenvalue weighted by atomic mass is 9.89. The molecular formula is C25H32O3Si. The van der Waals surface area contributed by atoms with E-state index in [0.29, 0.717) is 0 Å². The van der Waals surface area contributed by atoms with Crippen LogP contribution >= 0.6 is 0 Å². The minimum absolute atomic E-state index is 0.0691. The summed E-state index contributed by atoms with van der Waals surface area (Å²) >= 11 is 0. The highest BCUT2D eigenvalue weighted by Crippen LogP contribution is 2.46. The molecule has 0 heterocycles. The number of aryl methyl sites for hydroxylation is 1. The van der Waals surface area contributed by atoms with Gasteiger partial charge in [0.2, 0.25) is 0 Å². The lowest BCUT2D eigenvalue weighted by Gasteiger charge is -2.37. The van der Waals surface area contributed by atoms with Gasteiger partial charge in [-0.05, 0) is 65.5 Å². The van der Waals surface area contributed by atoms with E-state index in [-0.39, 0.29) is 17.4 Å². The van der Waals surface area contributed by atoms with E-state index < -0.39 is 8.32 Å². The van der Waals surface area contributed by atoms with E-state index in [9.17, 15) is 10.2 Å². The highest BCUT2D eigenvalue weighted by atomic mass is 28.4. The SMILES string of the molecule is Cc1cc(O)c(-c2c(CO)ccc3ccccc23)c(C)c1O[Si](C)(C)C(C)(C)C. The molecule has 0 aliphatic heterocycles. The zero-order valence-corrected chi connectivity index (χ0v) is 19.6. The van der Waals surface area contributed by atoms with Crippen LogP contribution in [0.3, 0.4) is 0 Å². The van der Waals surface area contributed by atoms with Crippen molar-refractivity contribution in [1.29, 1.82) is 0 Å². The highest BCUT2D eigenvalue weighted by molar-refractivity contribution is 6.74. The maximum absolute atomic E-state index is 11.0. The first-order valence-corrected chi connectivity index (χ1v) is 13.0. The Bertz CT molecular complexity index is 1060. The number of fused-ring (bicyclic) bond motifs is 1. The quantitative estimate of drug-likeness (QED) is 0.472. The number of rotatable bonds is 4. The van der Waals surface area contributed by atoms with Crippen LogP contribution in [0.2, 0.25) is 18.1 Å². The van der Waals surface area contributed by atoms with Crippen molar-refractivity contribution >= 4 is 19.1 Å². The van der Waals surface area contributed by atoms with Crippen molar-refractivity contribution in [3.05, 3.63) is 59.2 Å². The molecule has 0 bridgehead atoms. The molecule has 0 radical (unpaired) electrons. The second-order valence-corrected chi connectivity index (χ2v) is 14.1.